The molecule has 2 amide bonds. The molecule has 1 aromatic heterocycles. The molecular formula is C20H18FN3O4S. The quantitative estimate of drug-likeness (QED) is 0.618. The Morgan fingerprint density at radius 3 is 2.52 bits per heavy atom. The van der Waals surface area contributed by atoms with Gasteiger partial charge in [-0.3, -0.25) is 9.59 Å². The molecule has 0 bridgehead atoms. The third kappa shape index (κ3) is 5.08. The lowest BCUT2D eigenvalue weighted by Crippen LogP contribution is -2.32. The largest absolute Gasteiger partial charge is 0.497 e. The van der Waals surface area contributed by atoms with Crippen molar-refractivity contribution < 1.29 is 23.5 Å². The third-order valence-corrected chi connectivity index (χ3v) is 4.72. The zero-order chi connectivity index (χ0) is 20.8. The maximum atomic E-state index is 13.8. The fourth-order valence-corrected chi connectivity index (χ4v) is 3.19. The van der Waals surface area contributed by atoms with Crippen LogP contribution in [0.15, 0.2) is 47.8 Å². The van der Waals surface area contributed by atoms with Crippen LogP contribution in [0.1, 0.15) is 10.4 Å². The summed E-state index contributed by atoms with van der Waals surface area (Å²) in [4.78, 5) is 28.4. The summed E-state index contributed by atoms with van der Waals surface area (Å²) in [6.07, 6.45) is 0. The van der Waals surface area contributed by atoms with Crippen LogP contribution in [-0.4, -0.2) is 37.6 Å². The van der Waals surface area contributed by atoms with Gasteiger partial charge in [-0.1, -0.05) is 0 Å². The van der Waals surface area contributed by atoms with Crippen LogP contribution in [0.3, 0.4) is 0 Å². The van der Waals surface area contributed by atoms with E-state index >= 15 is 0 Å². The van der Waals surface area contributed by atoms with Gasteiger partial charge in [0.25, 0.3) is 5.91 Å². The van der Waals surface area contributed by atoms with Crippen molar-refractivity contribution in [3.63, 3.8) is 0 Å². The zero-order valence-corrected chi connectivity index (χ0v) is 16.5. The second kappa shape index (κ2) is 9.16. The minimum atomic E-state index is -0.496. The average Bonchev–Trinajstić information content (AvgIpc) is 3.20. The van der Waals surface area contributed by atoms with Crippen LogP contribution in [0.2, 0.25) is 0 Å². The molecule has 0 spiro atoms. The molecule has 0 atom stereocenters. The van der Waals surface area contributed by atoms with Crippen molar-refractivity contribution >= 4 is 28.3 Å². The van der Waals surface area contributed by atoms with Crippen molar-refractivity contribution in [3.8, 4) is 22.8 Å². The lowest BCUT2D eigenvalue weighted by atomic mass is 10.1. The second-order valence-corrected chi connectivity index (χ2v) is 6.70. The van der Waals surface area contributed by atoms with Gasteiger partial charge < -0.3 is 20.1 Å². The first-order chi connectivity index (χ1) is 14.0. The molecule has 0 aliphatic carbocycles. The maximum Gasteiger partial charge on any atom is 0.251 e. The molecule has 0 fully saturated rings. The molecule has 0 saturated carbocycles. The van der Waals surface area contributed by atoms with Crippen LogP contribution < -0.4 is 20.1 Å². The van der Waals surface area contributed by atoms with Crippen molar-refractivity contribution in [2.75, 3.05) is 26.1 Å². The third-order valence-electron chi connectivity index (χ3n) is 3.96. The number of ether oxygens (including phenoxy) is 2. The van der Waals surface area contributed by atoms with Crippen LogP contribution in [0, 0.1) is 5.82 Å². The smallest absolute Gasteiger partial charge is 0.251 e. The summed E-state index contributed by atoms with van der Waals surface area (Å²) in [5.41, 5.74) is 1.50. The lowest BCUT2D eigenvalue weighted by molar-refractivity contribution is -0.115. The Balaban J connectivity index is 1.56. The number of rotatable bonds is 7. The van der Waals surface area contributed by atoms with Gasteiger partial charge in [0.05, 0.1) is 26.5 Å². The molecule has 150 valence electrons. The Kier molecular flexibility index (Phi) is 6.40. The standard InChI is InChI=1S/C20H18FN3O4S/c1-27-14-6-3-12(4-7-14)19(26)22-10-18(25)24-20-23-16(11-29-20)13-5-8-17(28-2)15(21)9-13/h3-9,11H,10H2,1-2H3,(H,22,26)(H,23,24,25). The summed E-state index contributed by atoms with van der Waals surface area (Å²) in [5.74, 6) is -0.518. The second-order valence-electron chi connectivity index (χ2n) is 5.85. The summed E-state index contributed by atoms with van der Waals surface area (Å²) >= 11 is 1.20. The molecule has 0 unspecified atom stereocenters. The summed E-state index contributed by atoms with van der Waals surface area (Å²) in [6, 6.07) is 11.0. The lowest BCUT2D eigenvalue weighted by Gasteiger charge is -2.06. The van der Waals surface area contributed by atoms with Crippen molar-refractivity contribution in [1.29, 1.82) is 0 Å². The van der Waals surface area contributed by atoms with Gasteiger partial charge in [0.1, 0.15) is 5.75 Å². The minimum absolute atomic E-state index is 0.144. The summed E-state index contributed by atoms with van der Waals surface area (Å²) in [5, 5.41) is 7.19. The summed E-state index contributed by atoms with van der Waals surface area (Å²) < 4.78 is 23.8. The van der Waals surface area contributed by atoms with E-state index in [-0.39, 0.29) is 18.2 Å². The van der Waals surface area contributed by atoms with E-state index in [9.17, 15) is 14.0 Å². The van der Waals surface area contributed by atoms with Gasteiger partial charge in [0, 0.05) is 16.5 Å². The van der Waals surface area contributed by atoms with Gasteiger partial charge >= 0.3 is 0 Å². The maximum absolute atomic E-state index is 13.8. The van der Waals surface area contributed by atoms with E-state index in [1.54, 1.807) is 35.7 Å². The number of thiazole rings is 1. The number of amides is 2. The Hall–Kier alpha value is -3.46. The van der Waals surface area contributed by atoms with Crippen molar-refractivity contribution in [2.24, 2.45) is 0 Å². The van der Waals surface area contributed by atoms with Crippen LogP contribution in [0.5, 0.6) is 11.5 Å². The minimum Gasteiger partial charge on any atom is -0.497 e. The highest BCUT2D eigenvalue weighted by Crippen LogP contribution is 2.28. The number of nitrogens with zero attached hydrogens (tertiary/aromatic N) is 1. The van der Waals surface area contributed by atoms with Crippen LogP contribution in [0.4, 0.5) is 9.52 Å². The van der Waals surface area contributed by atoms with Gasteiger partial charge in [-0.2, -0.15) is 0 Å². The zero-order valence-electron chi connectivity index (χ0n) is 15.7. The van der Waals surface area contributed by atoms with E-state index in [1.165, 1.54) is 37.7 Å². The predicted octanol–water partition coefficient (Wildman–Crippen LogP) is 3.33. The molecule has 2 aromatic carbocycles. The Morgan fingerprint density at radius 2 is 1.86 bits per heavy atom. The fraction of sp³-hybridized carbons (Fsp3) is 0.150. The highest BCUT2D eigenvalue weighted by Gasteiger charge is 2.12. The Bertz CT molecular complexity index is 1020. The number of hydrogen-bond donors (Lipinski definition) is 2. The predicted molar refractivity (Wildman–Crippen MR) is 108 cm³/mol. The number of carbonyl (C=O) groups is 2. The van der Waals surface area contributed by atoms with Crippen LogP contribution in [-0.2, 0) is 4.79 Å². The van der Waals surface area contributed by atoms with Crippen LogP contribution >= 0.6 is 11.3 Å². The van der Waals surface area contributed by atoms with Gasteiger partial charge in [0.2, 0.25) is 5.91 Å². The fourth-order valence-electron chi connectivity index (χ4n) is 2.46. The Morgan fingerprint density at radius 1 is 1.10 bits per heavy atom. The molecule has 3 rings (SSSR count). The number of anilines is 1. The van der Waals surface area contributed by atoms with Gasteiger partial charge in [-0.15, -0.1) is 11.3 Å². The van der Waals surface area contributed by atoms with E-state index in [4.69, 9.17) is 9.47 Å². The normalized spacial score (nSPS) is 10.3. The number of methoxy groups -OCH3 is 2. The molecule has 2 N–H and O–H groups in total. The summed E-state index contributed by atoms with van der Waals surface area (Å²) in [7, 11) is 2.93. The number of halogens is 1. The van der Waals surface area contributed by atoms with E-state index in [0.717, 1.165) is 0 Å². The van der Waals surface area contributed by atoms with Gasteiger partial charge in [-0.05, 0) is 42.5 Å². The van der Waals surface area contributed by atoms with Gasteiger partial charge in [-0.25, -0.2) is 9.37 Å². The molecule has 0 radical (unpaired) electrons. The number of aromatic nitrogens is 1. The first kappa shape index (κ1) is 20.3. The molecule has 0 saturated heterocycles. The number of nitrogens with one attached hydrogen (secondary N) is 2. The Labute approximate surface area is 170 Å². The molecule has 7 nitrogen and oxygen atoms in total. The molecule has 9 heteroatoms. The highest BCUT2D eigenvalue weighted by atomic mass is 32.1. The molecule has 0 aliphatic heterocycles. The van der Waals surface area contributed by atoms with E-state index in [2.05, 4.69) is 15.6 Å². The van der Waals surface area contributed by atoms with E-state index in [0.29, 0.717) is 27.7 Å². The average molecular weight is 415 g/mol. The van der Waals surface area contributed by atoms with Gasteiger partial charge in [0.15, 0.2) is 16.7 Å². The number of hydrogen-bond acceptors (Lipinski definition) is 6. The van der Waals surface area contributed by atoms with Crippen LogP contribution in [0.25, 0.3) is 11.3 Å². The monoisotopic (exact) mass is 415 g/mol. The molecule has 0 aliphatic rings. The molecular weight excluding hydrogens is 397 g/mol. The van der Waals surface area contributed by atoms with Crippen molar-refractivity contribution in [3.05, 3.63) is 59.2 Å². The van der Waals surface area contributed by atoms with E-state index < -0.39 is 11.7 Å². The number of benzene rings is 2. The molecule has 3 aromatic rings. The first-order valence-electron chi connectivity index (χ1n) is 8.51. The molecule has 1 heterocycles. The van der Waals surface area contributed by atoms with E-state index in [1.807, 2.05) is 0 Å². The summed E-state index contributed by atoms with van der Waals surface area (Å²) in [6.45, 7) is -0.211. The molecule has 29 heavy (non-hydrogen) atoms. The highest BCUT2D eigenvalue weighted by molar-refractivity contribution is 7.14. The first-order valence-corrected chi connectivity index (χ1v) is 9.39. The van der Waals surface area contributed by atoms with Crippen molar-refractivity contribution in [1.82, 2.24) is 10.3 Å². The topological polar surface area (TPSA) is 89.5 Å². The SMILES string of the molecule is COc1ccc(C(=O)NCC(=O)Nc2nc(-c3ccc(OC)c(F)c3)cs2)cc1. The van der Waals surface area contributed by atoms with Crippen molar-refractivity contribution in [2.45, 2.75) is 0 Å². The number of carbonyl (C=O) groups excluding carboxylic acids is 2.